The van der Waals surface area contributed by atoms with Crippen LogP contribution in [0.15, 0.2) is 63.7 Å². The molecule has 8 heteroatoms. The van der Waals surface area contributed by atoms with Crippen LogP contribution < -0.4 is 16.0 Å². The molecular weight excluding hydrogens is 372 g/mol. The summed E-state index contributed by atoms with van der Waals surface area (Å²) in [5, 5.41) is 14.9. The summed E-state index contributed by atoms with van der Waals surface area (Å²) in [6.45, 7) is 3.65. The average Bonchev–Trinajstić information content (AvgIpc) is 3.09. The van der Waals surface area contributed by atoms with Crippen molar-refractivity contribution in [1.29, 1.82) is 0 Å². The second kappa shape index (κ2) is 7.16. The van der Waals surface area contributed by atoms with Crippen LogP contribution in [0.5, 0.6) is 11.5 Å². The van der Waals surface area contributed by atoms with Crippen molar-refractivity contribution in [2.75, 3.05) is 7.11 Å². The van der Waals surface area contributed by atoms with E-state index in [2.05, 4.69) is 21.6 Å². The minimum absolute atomic E-state index is 0.0251. The molecule has 0 spiro atoms. The van der Waals surface area contributed by atoms with Gasteiger partial charge in [0.15, 0.2) is 0 Å². The van der Waals surface area contributed by atoms with Gasteiger partial charge in [0.2, 0.25) is 0 Å². The van der Waals surface area contributed by atoms with Crippen molar-refractivity contribution in [2.24, 2.45) is 5.10 Å². The number of hydrogen-bond acceptors (Lipinski definition) is 5. The number of para-hydroxylation sites is 1. The number of phenolic OH excluding ortho intramolecular Hbond substituents is 1. The van der Waals surface area contributed by atoms with Crippen molar-refractivity contribution in [2.45, 2.75) is 6.42 Å². The van der Waals surface area contributed by atoms with Crippen molar-refractivity contribution < 1.29 is 9.84 Å². The summed E-state index contributed by atoms with van der Waals surface area (Å²) in [4.78, 5) is 31.1. The molecule has 146 valence electrons. The highest BCUT2D eigenvalue weighted by molar-refractivity contribution is 6.07. The van der Waals surface area contributed by atoms with Gasteiger partial charge < -0.3 is 19.8 Å². The normalized spacial score (nSPS) is 11.5. The van der Waals surface area contributed by atoms with Crippen molar-refractivity contribution in [1.82, 2.24) is 14.6 Å². The summed E-state index contributed by atoms with van der Waals surface area (Å²) in [6.07, 6.45) is 3.42. The van der Waals surface area contributed by atoms with E-state index in [0.29, 0.717) is 44.4 Å². The molecule has 0 fully saturated rings. The fraction of sp³-hybridized carbons (Fsp3) is 0.0952. The topological polar surface area (TPSA) is 112 Å². The van der Waals surface area contributed by atoms with Gasteiger partial charge in [-0.1, -0.05) is 24.3 Å². The number of benzene rings is 2. The summed E-state index contributed by atoms with van der Waals surface area (Å²) < 4.78 is 6.05. The van der Waals surface area contributed by atoms with E-state index in [0.717, 1.165) is 0 Å². The molecule has 0 aliphatic heterocycles. The third-order valence-corrected chi connectivity index (χ3v) is 4.66. The predicted molar refractivity (Wildman–Crippen MR) is 112 cm³/mol. The van der Waals surface area contributed by atoms with Crippen LogP contribution in [0.1, 0.15) is 11.1 Å². The van der Waals surface area contributed by atoms with Gasteiger partial charge in [-0.25, -0.2) is 4.79 Å². The third kappa shape index (κ3) is 3.00. The van der Waals surface area contributed by atoms with Gasteiger partial charge in [-0.05, 0) is 30.2 Å². The number of nitrogens with zero attached hydrogens (tertiary/aromatic N) is 2. The molecule has 2 aromatic carbocycles. The van der Waals surface area contributed by atoms with Gasteiger partial charge in [-0.3, -0.25) is 4.79 Å². The summed E-state index contributed by atoms with van der Waals surface area (Å²) in [6, 6.07) is 10.5. The van der Waals surface area contributed by atoms with Gasteiger partial charge in [0, 0.05) is 5.56 Å². The molecule has 4 rings (SSSR count). The monoisotopic (exact) mass is 390 g/mol. The Bertz CT molecular complexity index is 1390. The van der Waals surface area contributed by atoms with E-state index in [1.807, 2.05) is 0 Å². The Balaban J connectivity index is 1.88. The zero-order valence-electron chi connectivity index (χ0n) is 15.6. The first-order chi connectivity index (χ1) is 14.0. The fourth-order valence-electron chi connectivity index (χ4n) is 3.29. The first-order valence-electron chi connectivity index (χ1n) is 8.85. The number of aromatic amines is 2. The van der Waals surface area contributed by atoms with Crippen LogP contribution in [-0.2, 0) is 6.42 Å². The Kier molecular flexibility index (Phi) is 4.52. The maximum absolute atomic E-state index is 12.9. The molecule has 0 atom stereocenters. The fourth-order valence-corrected chi connectivity index (χ4v) is 3.29. The number of hydrogen-bond donors (Lipinski definition) is 3. The summed E-state index contributed by atoms with van der Waals surface area (Å²) >= 11 is 0. The second-order valence-electron chi connectivity index (χ2n) is 6.40. The quantitative estimate of drug-likeness (QED) is 0.359. The lowest BCUT2D eigenvalue weighted by Crippen LogP contribution is -2.32. The lowest BCUT2D eigenvalue weighted by Gasteiger charge is -2.04. The lowest BCUT2D eigenvalue weighted by molar-refractivity contribution is 0.420. The predicted octanol–water partition coefficient (Wildman–Crippen LogP) is 2.50. The first-order valence-corrected chi connectivity index (χ1v) is 8.85. The molecule has 2 heterocycles. The third-order valence-electron chi connectivity index (χ3n) is 4.66. The van der Waals surface area contributed by atoms with Gasteiger partial charge in [0.25, 0.3) is 0 Å². The van der Waals surface area contributed by atoms with E-state index in [4.69, 9.17) is 4.74 Å². The number of allylic oxidation sites excluding steroid dienone is 1. The van der Waals surface area contributed by atoms with Gasteiger partial charge in [-0.2, -0.15) is 5.10 Å². The molecule has 0 aliphatic carbocycles. The number of rotatable bonds is 5. The molecule has 0 saturated carbocycles. The number of aromatic nitrogens is 3. The Morgan fingerprint density at radius 3 is 2.72 bits per heavy atom. The van der Waals surface area contributed by atoms with Crippen LogP contribution in [0.25, 0.3) is 21.9 Å². The molecule has 0 unspecified atom stereocenters. The zero-order chi connectivity index (χ0) is 20.5. The van der Waals surface area contributed by atoms with E-state index in [9.17, 15) is 14.7 Å². The molecule has 8 nitrogen and oxygen atoms in total. The smallest absolute Gasteiger partial charge is 0.350 e. The minimum atomic E-state index is -0.702. The molecule has 29 heavy (non-hydrogen) atoms. The molecule has 2 aromatic heterocycles. The summed E-state index contributed by atoms with van der Waals surface area (Å²) in [5.74, 6) is 0.561. The maximum Gasteiger partial charge on any atom is 0.350 e. The molecule has 3 N–H and O–H groups in total. The zero-order valence-corrected chi connectivity index (χ0v) is 15.6. The van der Waals surface area contributed by atoms with E-state index in [1.54, 1.807) is 42.5 Å². The van der Waals surface area contributed by atoms with Crippen LogP contribution in [0.3, 0.4) is 0 Å². The molecule has 0 saturated heterocycles. The molecule has 0 amide bonds. The van der Waals surface area contributed by atoms with Crippen molar-refractivity contribution in [3.63, 3.8) is 0 Å². The number of methoxy groups -OCH3 is 1. The highest BCUT2D eigenvalue weighted by Gasteiger charge is 2.15. The van der Waals surface area contributed by atoms with Crippen molar-refractivity contribution in [3.05, 3.63) is 81.0 Å². The number of phenols is 1. The molecule has 4 aromatic rings. The van der Waals surface area contributed by atoms with Crippen LogP contribution in [0.4, 0.5) is 0 Å². The van der Waals surface area contributed by atoms with E-state index < -0.39 is 11.2 Å². The molecular formula is C21H18N4O4. The SMILES string of the molecule is C=CCc1cccc(/C=N\n2c(=O)[nH]c3c([nH]c4cccc(OC)c43)c2=O)c1O. The number of fused-ring (bicyclic) bond motifs is 3. The number of aromatic hydroxyl groups is 1. The Morgan fingerprint density at radius 1 is 1.17 bits per heavy atom. The van der Waals surface area contributed by atoms with Crippen LogP contribution in [0, 0.1) is 0 Å². The van der Waals surface area contributed by atoms with E-state index >= 15 is 0 Å². The van der Waals surface area contributed by atoms with Crippen LogP contribution in [0.2, 0.25) is 0 Å². The van der Waals surface area contributed by atoms with E-state index in [1.165, 1.54) is 13.3 Å². The van der Waals surface area contributed by atoms with Gasteiger partial charge in [0.05, 0.1) is 29.7 Å². The minimum Gasteiger partial charge on any atom is -0.507 e. The van der Waals surface area contributed by atoms with E-state index in [-0.39, 0.29) is 11.3 Å². The first kappa shape index (κ1) is 18.3. The number of H-pyrrole nitrogens is 2. The number of nitrogens with one attached hydrogen (secondary N) is 2. The largest absolute Gasteiger partial charge is 0.507 e. The second-order valence-corrected chi connectivity index (χ2v) is 6.40. The molecule has 0 bridgehead atoms. The van der Waals surface area contributed by atoms with Crippen molar-refractivity contribution in [3.8, 4) is 11.5 Å². The van der Waals surface area contributed by atoms with Crippen molar-refractivity contribution >= 4 is 28.2 Å². The van der Waals surface area contributed by atoms with Crippen LogP contribution in [-0.4, -0.2) is 33.1 Å². The summed E-state index contributed by atoms with van der Waals surface area (Å²) in [5.41, 5.74) is 0.953. The molecule has 0 aliphatic rings. The Morgan fingerprint density at radius 2 is 1.97 bits per heavy atom. The van der Waals surface area contributed by atoms with Crippen LogP contribution >= 0.6 is 0 Å². The molecule has 0 radical (unpaired) electrons. The van der Waals surface area contributed by atoms with Gasteiger partial charge in [0.1, 0.15) is 17.0 Å². The average molecular weight is 390 g/mol. The highest BCUT2D eigenvalue weighted by Crippen LogP contribution is 2.29. The standard InChI is InChI=1S/C21H18N4O4/c1-3-6-12-7-4-8-13(19(12)26)11-22-25-20(27)18-17(24-21(25)28)16-14(23-18)9-5-10-15(16)29-2/h3-5,7-11,23,26H,1,6H2,2H3,(H,24,28)/b22-11-. The highest BCUT2D eigenvalue weighted by atomic mass is 16.5. The lowest BCUT2D eigenvalue weighted by atomic mass is 10.1. The summed E-state index contributed by atoms with van der Waals surface area (Å²) in [7, 11) is 1.52. The van der Waals surface area contributed by atoms with Gasteiger partial charge >= 0.3 is 11.2 Å². The maximum atomic E-state index is 12.9. The van der Waals surface area contributed by atoms with Gasteiger partial charge in [-0.15, -0.1) is 11.3 Å². The Hall–Kier alpha value is -4.07. The number of ether oxygens (including phenoxy) is 1. The Labute approximate surface area is 164 Å².